The lowest BCUT2D eigenvalue weighted by Gasteiger charge is -2.03. The Morgan fingerprint density at radius 2 is 1.75 bits per heavy atom. The molecule has 0 N–H and O–H groups in total. The van der Waals surface area contributed by atoms with Gasteiger partial charge in [-0.3, -0.25) is 4.79 Å². The molecule has 0 unspecified atom stereocenters. The van der Waals surface area contributed by atoms with Crippen molar-refractivity contribution in [2.24, 2.45) is 0 Å². The van der Waals surface area contributed by atoms with Crippen LogP contribution in [-0.4, -0.2) is 12.4 Å². The molecular weight excluding hydrogens is 298 g/mol. The number of nitriles is 1. The van der Waals surface area contributed by atoms with Gasteiger partial charge in [0.05, 0.1) is 0 Å². The molecule has 0 amide bonds. The van der Waals surface area contributed by atoms with Gasteiger partial charge in [0.1, 0.15) is 11.8 Å². The number of rotatable bonds is 5. The van der Waals surface area contributed by atoms with Crippen LogP contribution in [0.1, 0.15) is 15.9 Å². The van der Waals surface area contributed by atoms with E-state index >= 15 is 0 Å². The van der Waals surface area contributed by atoms with Crippen molar-refractivity contribution >= 4 is 22.6 Å². The summed E-state index contributed by atoms with van der Waals surface area (Å²) < 4.78 is 5.18. The maximum absolute atomic E-state index is 12.3. The molecule has 0 bridgehead atoms. The number of ketones is 1. The van der Waals surface area contributed by atoms with E-state index in [1.807, 2.05) is 42.5 Å². The van der Waals surface area contributed by atoms with Crippen molar-refractivity contribution in [1.82, 2.24) is 0 Å². The molecule has 3 aromatic carbocycles. The Balaban J connectivity index is 1.78. The van der Waals surface area contributed by atoms with E-state index in [4.69, 9.17) is 10.00 Å². The first kappa shape index (κ1) is 15.5. The molecule has 0 saturated carbocycles. The Morgan fingerprint density at radius 1 is 1.00 bits per heavy atom. The van der Waals surface area contributed by atoms with Gasteiger partial charge >= 0.3 is 0 Å². The first-order valence-corrected chi connectivity index (χ1v) is 7.58. The molecule has 3 aromatic rings. The minimum atomic E-state index is -0.0743. The van der Waals surface area contributed by atoms with Gasteiger partial charge in [-0.1, -0.05) is 48.5 Å². The molecule has 0 saturated heterocycles. The van der Waals surface area contributed by atoms with E-state index in [9.17, 15) is 4.79 Å². The van der Waals surface area contributed by atoms with Crippen LogP contribution in [0.25, 0.3) is 16.8 Å². The quantitative estimate of drug-likeness (QED) is 0.509. The topological polar surface area (TPSA) is 50.1 Å². The molecule has 0 aliphatic carbocycles. The summed E-state index contributed by atoms with van der Waals surface area (Å²) in [4.78, 5) is 12.3. The molecule has 3 nitrogen and oxygen atoms in total. The number of hydrogen-bond donors (Lipinski definition) is 0. The minimum Gasteiger partial charge on any atom is -0.479 e. The Bertz CT molecular complexity index is 929. The van der Waals surface area contributed by atoms with Crippen molar-refractivity contribution in [2.75, 3.05) is 6.61 Å². The number of carbonyl (C=O) groups excluding carboxylic acids is 1. The fourth-order valence-electron chi connectivity index (χ4n) is 2.49. The van der Waals surface area contributed by atoms with E-state index in [1.165, 1.54) is 0 Å². The summed E-state index contributed by atoms with van der Waals surface area (Å²) in [5.41, 5.74) is 1.59. The van der Waals surface area contributed by atoms with Crippen molar-refractivity contribution in [2.45, 2.75) is 0 Å². The summed E-state index contributed by atoms with van der Waals surface area (Å²) in [5.74, 6) is 0.501. The highest BCUT2D eigenvalue weighted by atomic mass is 16.5. The monoisotopic (exact) mass is 313 g/mol. The predicted octanol–water partition coefficient (Wildman–Crippen LogP) is 4.64. The van der Waals surface area contributed by atoms with Crippen LogP contribution in [-0.2, 0) is 0 Å². The second-order valence-electron chi connectivity index (χ2n) is 5.24. The van der Waals surface area contributed by atoms with Crippen LogP contribution < -0.4 is 4.74 Å². The number of nitrogens with zero attached hydrogens (tertiary/aromatic N) is 1. The van der Waals surface area contributed by atoms with Crippen molar-refractivity contribution in [3.05, 3.63) is 83.9 Å². The van der Waals surface area contributed by atoms with Crippen LogP contribution in [0.4, 0.5) is 0 Å². The molecule has 0 heterocycles. The highest BCUT2D eigenvalue weighted by molar-refractivity contribution is 6.07. The van der Waals surface area contributed by atoms with Crippen molar-refractivity contribution < 1.29 is 9.53 Å². The molecule has 3 rings (SSSR count). The number of ether oxygens (including phenoxy) is 1. The van der Waals surface area contributed by atoms with E-state index in [-0.39, 0.29) is 12.4 Å². The molecule has 0 radical (unpaired) electrons. The summed E-state index contributed by atoms with van der Waals surface area (Å²) in [5, 5.41) is 10.7. The maximum atomic E-state index is 12.3. The number of carbonyl (C=O) groups is 1. The van der Waals surface area contributed by atoms with E-state index in [0.29, 0.717) is 11.3 Å². The summed E-state index contributed by atoms with van der Waals surface area (Å²) in [6.07, 6.45) is 3.41. The summed E-state index contributed by atoms with van der Waals surface area (Å²) >= 11 is 0. The lowest BCUT2D eigenvalue weighted by Crippen LogP contribution is -1.96. The van der Waals surface area contributed by atoms with Crippen LogP contribution in [0.15, 0.2) is 72.8 Å². The number of hydrogen-bond acceptors (Lipinski definition) is 3. The molecular formula is C21H15NO2. The molecule has 0 fully saturated rings. The summed E-state index contributed by atoms with van der Waals surface area (Å²) in [6, 6.07) is 22.8. The minimum absolute atomic E-state index is 0.00568. The van der Waals surface area contributed by atoms with Crippen LogP contribution in [0.3, 0.4) is 0 Å². The molecule has 0 aromatic heterocycles. The lowest BCUT2D eigenvalue weighted by atomic mass is 10.0. The fourth-order valence-corrected chi connectivity index (χ4v) is 2.49. The molecule has 0 spiro atoms. The SMILES string of the molecule is N#CCOc1ccc(C(=O)/C=C/c2cccc3ccccc23)cc1. The zero-order chi connectivity index (χ0) is 16.8. The second-order valence-corrected chi connectivity index (χ2v) is 5.24. The van der Waals surface area contributed by atoms with Crippen molar-refractivity contribution in [3.63, 3.8) is 0 Å². The zero-order valence-electron chi connectivity index (χ0n) is 13.0. The van der Waals surface area contributed by atoms with Crippen molar-refractivity contribution in [3.8, 4) is 11.8 Å². The van der Waals surface area contributed by atoms with Gasteiger partial charge in [-0.05, 0) is 46.7 Å². The number of benzene rings is 3. The highest BCUT2D eigenvalue weighted by Crippen LogP contribution is 2.20. The highest BCUT2D eigenvalue weighted by Gasteiger charge is 2.03. The average Bonchev–Trinajstić information content (AvgIpc) is 2.64. The normalized spacial score (nSPS) is 10.6. The standard InChI is InChI=1S/C21H15NO2/c22-14-15-24-19-11-8-18(9-12-19)21(23)13-10-17-6-3-5-16-4-1-2-7-20(16)17/h1-13H,15H2/b13-10+. The van der Waals surface area contributed by atoms with E-state index in [2.05, 4.69) is 12.1 Å². The molecule has 0 atom stereocenters. The van der Waals surface area contributed by atoms with E-state index < -0.39 is 0 Å². The lowest BCUT2D eigenvalue weighted by molar-refractivity contribution is 0.104. The Hall–Kier alpha value is -3.38. The molecule has 0 aliphatic rings. The van der Waals surface area contributed by atoms with E-state index in [0.717, 1.165) is 16.3 Å². The van der Waals surface area contributed by atoms with Crippen molar-refractivity contribution in [1.29, 1.82) is 5.26 Å². The molecule has 3 heteroatoms. The zero-order valence-corrected chi connectivity index (χ0v) is 13.0. The van der Waals surface area contributed by atoms with Crippen LogP contribution >= 0.6 is 0 Å². The maximum Gasteiger partial charge on any atom is 0.185 e. The van der Waals surface area contributed by atoms with Gasteiger partial charge in [0.15, 0.2) is 12.4 Å². The first-order chi connectivity index (χ1) is 11.8. The smallest absolute Gasteiger partial charge is 0.185 e. The Kier molecular flexibility index (Phi) is 4.69. The number of allylic oxidation sites excluding steroid dienone is 1. The van der Waals surface area contributed by atoms with Gasteiger partial charge in [0, 0.05) is 5.56 Å². The van der Waals surface area contributed by atoms with Gasteiger partial charge in [-0.2, -0.15) is 5.26 Å². The Morgan fingerprint density at radius 3 is 2.54 bits per heavy atom. The molecule has 24 heavy (non-hydrogen) atoms. The molecule has 116 valence electrons. The summed E-state index contributed by atoms with van der Waals surface area (Å²) in [7, 11) is 0. The Labute approximate surface area is 140 Å². The average molecular weight is 313 g/mol. The third-order valence-corrected chi connectivity index (χ3v) is 3.68. The van der Waals surface area contributed by atoms with Crippen LogP contribution in [0, 0.1) is 11.3 Å². The first-order valence-electron chi connectivity index (χ1n) is 7.58. The molecule has 0 aliphatic heterocycles. The summed E-state index contributed by atoms with van der Waals surface area (Å²) in [6.45, 7) is -0.00568. The second kappa shape index (κ2) is 7.26. The number of fused-ring (bicyclic) bond motifs is 1. The van der Waals surface area contributed by atoms with Gasteiger partial charge in [-0.15, -0.1) is 0 Å². The van der Waals surface area contributed by atoms with Gasteiger partial charge in [-0.25, -0.2) is 0 Å². The predicted molar refractivity (Wildman–Crippen MR) is 94.9 cm³/mol. The van der Waals surface area contributed by atoms with Crippen LogP contribution in [0.2, 0.25) is 0 Å². The largest absolute Gasteiger partial charge is 0.479 e. The van der Waals surface area contributed by atoms with Gasteiger partial charge in [0.2, 0.25) is 0 Å². The van der Waals surface area contributed by atoms with Crippen LogP contribution in [0.5, 0.6) is 5.75 Å². The third kappa shape index (κ3) is 3.50. The van der Waals surface area contributed by atoms with E-state index in [1.54, 1.807) is 30.3 Å². The third-order valence-electron chi connectivity index (χ3n) is 3.68. The fraction of sp³-hybridized carbons (Fsp3) is 0.0476. The van der Waals surface area contributed by atoms with Gasteiger partial charge < -0.3 is 4.74 Å². The van der Waals surface area contributed by atoms with Gasteiger partial charge in [0.25, 0.3) is 0 Å².